The summed E-state index contributed by atoms with van der Waals surface area (Å²) in [7, 11) is 0. The van der Waals surface area contributed by atoms with Crippen LogP contribution < -0.4 is 0 Å². The van der Waals surface area contributed by atoms with Crippen molar-refractivity contribution < 1.29 is 19.4 Å². The number of carbonyl (C=O) groups excluding carboxylic acids is 1. The molecular formula is C25H42O4. The Labute approximate surface area is 177 Å². The van der Waals surface area contributed by atoms with E-state index in [-0.39, 0.29) is 29.1 Å². The van der Waals surface area contributed by atoms with E-state index in [9.17, 15) is 9.59 Å². The summed E-state index contributed by atoms with van der Waals surface area (Å²) in [5.74, 6) is 0.912. The van der Waals surface area contributed by atoms with Crippen molar-refractivity contribution in [1.82, 2.24) is 0 Å². The van der Waals surface area contributed by atoms with Crippen LogP contribution in [0.1, 0.15) is 92.9 Å². The largest absolute Gasteiger partial charge is 0.481 e. The molecule has 4 nitrogen and oxygen atoms in total. The number of aliphatic carboxylic acids is 1. The highest BCUT2D eigenvalue weighted by Crippen LogP contribution is 2.62. The summed E-state index contributed by atoms with van der Waals surface area (Å²) in [5.41, 5.74) is 1.58. The van der Waals surface area contributed by atoms with Gasteiger partial charge in [-0.15, -0.1) is 0 Å². The van der Waals surface area contributed by atoms with Crippen molar-refractivity contribution in [2.24, 2.45) is 34.5 Å². The lowest BCUT2D eigenvalue weighted by molar-refractivity contribution is -0.144. The molecule has 0 aromatic rings. The number of ether oxygens (including phenoxy) is 1. The van der Waals surface area contributed by atoms with Gasteiger partial charge in [-0.2, -0.15) is 0 Å². The molecule has 2 aliphatic rings. The predicted molar refractivity (Wildman–Crippen MR) is 116 cm³/mol. The van der Waals surface area contributed by atoms with E-state index in [2.05, 4.69) is 33.8 Å². The Morgan fingerprint density at radius 3 is 2.52 bits per heavy atom. The first-order valence-electron chi connectivity index (χ1n) is 11.6. The second kappa shape index (κ2) is 9.66. The topological polar surface area (TPSA) is 63.6 Å². The van der Waals surface area contributed by atoms with Crippen LogP contribution in [0.15, 0.2) is 11.6 Å². The third-order valence-electron chi connectivity index (χ3n) is 8.03. The fraction of sp³-hybridized carbons (Fsp3) is 0.840. The van der Waals surface area contributed by atoms with Gasteiger partial charge in [-0.1, -0.05) is 47.6 Å². The molecule has 0 aromatic carbocycles. The number of fused-ring (bicyclic) bond motifs is 1. The minimum atomic E-state index is -0.699. The molecule has 0 amide bonds. The lowest BCUT2D eigenvalue weighted by atomic mass is 9.46. The van der Waals surface area contributed by atoms with Gasteiger partial charge in [0.15, 0.2) is 0 Å². The summed E-state index contributed by atoms with van der Waals surface area (Å²) in [6.45, 7) is 13.8. The number of carboxylic acids is 1. The van der Waals surface area contributed by atoms with Gasteiger partial charge in [0.05, 0.1) is 0 Å². The maximum absolute atomic E-state index is 12.1. The van der Waals surface area contributed by atoms with E-state index in [4.69, 9.17) is 9.84 Å². The Kier molecular flexibility index (Phi) is 7.98. The van der Waals surface area contributed by atoms with E-state index in [0.29, 0.717) is 30.8 Å². The number of rotatable bonds is 9. The third-order valence-corrected chi connectivity index (χ3v) is 8.03. The first kappa shape index (κ1) is 24.0. The summed E-state index contributed by atoms with van der Waals surface area (Å²) in [6.07, 6.45) is 9.63. The lowest BCUT2D eigenvalue weighted by Gasteiger charge is -2.58. The fourth-order valence-electron chi connectivity index (χ4n) is 5.93. The van der Waals surface area contributed by atoms with Gasteiger partial charge in [-0.3, -0.25) is 9.59 Å². The molecule has 0 aliphatic heterocycles. The molecular weight excluding hydrogens is 364 g/mol. The molecule has 166 valence electrons. The Bertz CT molecular complexity index is 622. The molecule has 0 spiro atoms. The molecule has 0 bridgehead atoms. The molecule has 4 heteroatoms. The van der Waals surface area contributed by atoms with E-state index in [1.807, 2.05) is 13.8 Å². The van der Waals surface area contributed by atoms with Crippen LogP contribution in [0.25, 0.3) is 0 Å². The maximum atomic E-state index is 12.1. The second-order valence-electron chi connectivity index (χ2n) is 10.7. The van der Waals surface area contributed by atoms with Crippen molar-refractivity contribution in [3.8, 4) is 0 Å². The molecule has 1 fully saturated rings. The van der Waals surface area contributed by atoms with Crippen molar-refractivity contribution in [1.29, 1.82) is 0 Å². The molecule has 2 rings (SSSR count). The third kappa shape index (κ3) is 5.64. The van der Waals surface area contributed by atoms with E-state index >= 15 is 0 Å². The normalized spacial score (nSPS) is 33.0. The Morgan fingerprint density at radius 2 is 1.90 bits per heavy atom. The van der Waals surface area contributed by atoms with Crippen molar-refractivity contribution in [2.45, 2.75) is 92.9 Å². The number of carbonyl (C=O) groups is 2. The first-order valence-corrected chi connectivity index (χ1v) is 11.6. The maximum Gasteiger partial charge on any atom is 0.306 e. The Balaban J connectivity index is 2.12. The van der Waals surface area contributed by atoms with Crippen molar-refractivity contribution in [3.05, 3.63) is 11.6 Å². The van der Waals surface area contributed by atoms with Crippen molar-refractivity contribution >= 4 is 11.9 Å². The predicted octanol–water partition coefficient (Wildman–Crippen LogP) is 6.25. The average molecular weight is 407 g/mol. The van der Waals surface area contributed by atoms with Crippen LogP contribution in [0.3, 0.4) is 0 Å². The van der Waals surface area contributed by atoms with Crippen LogP contribution >= 0.6 is 0 Å². The van der Waals surface area contributed by atoms with E-state index < -0.39 is 5.97 Å². The highest BCUT2D eigenvalue weighted by molar-refractivity contribution is 5.69. The van der Waals surface area contributed by atoms with Gasteiger partial charge in [0.2, 0.25) is 0 Å². The summed E-state index contributed by atoms with van der Waals surface area (Å²) < 4.78 is 5.67. The van der Waals surface area contributed by atoms with Crippen LogP contribution in [-0.4, -0.2) is 23.7 Å². The molecule has 0 aromatic heterocycles. The molecule has 0 unspecified atom stereocenters. The quantitative estimate of drug-likeness (QED) is 0.363. The van der Waals surface area contributed by atoms with Crippen LogP contribution in [-0.2, 0) is 14.3 Å². The van der Waals surface area contributed by atoms with E-state index in [0.717, 1.165) is 25.7 Å². The van der Waals surface area contributed by atoms with Gasteiger partial charge in [0, 0.05) is 12.8 Å². The molecule has 0 heterocycles. The SMILES string of the molecule is CC(C)CC(=O)OCC1=CCC[C@@H]2[C@@](C)(CC[C@@H](C)CC(=O)O)[C@@H](C)CC[C@]12C. The molecule has 5 atom stereocenters. The number of hydrogen-bond donors (Lipinski definition) is 1. The van der Waals surface area contributed by atoms with Crippen LogP contribution in [0.5, 0.6) is 0 Å². The zero-order valence-corrected chi connectivity index (χ0v) is 19.4. The standard InChI is InChI=1S/C25H42O4/c1-17(2)14-23(28)29-16-20-8-7-9-21-24(5,12-10-18(3)15-22(26)27)19(4)11-13-25(20,21)6/h8,17-19,21H,7,9-16H2,1-6H3,(H,26,27)/t18-,19+,21-,24+,25-/m1/s1. The zero-order valence-electron chi connectivity index (χ0n) is 19.4. The molecule has 0 radical (unpaired) electrons. The molecule has 29 heavy (non-hydrogen) atoms. The second-order valence-corrected chi connectivity index (χ2v) is 10.7. The number of carboxylic acid groups (broad SMARTS) is 1. The molecule has 1 N–H and O–H groups in total. The summed E-state index contributed by atoms with van der Waals surface area (Å²) in [5, 5.41) is 9.11. The van der Waals surface area contributed by atoms with Crippen molar-refractivity contribution in [2.75, 3.05) is 6.61 Å². The van der Waals surface area contributed by atoms with Gasteiger partial charge >= 0.3 is 11.9 Å². The summed E-state index contributed by atoms with van der Waals surface area (Å²) in [6, 6.07) is 0. The van der Waals surface area contributed by atoms with Gasteiger partial charge in [-0.25, -0.2) is 0 Å². The Hall–Kier alpha value is -1.32. The zero-order chi connectivity index (χ0) is 21.8. The van der Waals surface area contributed by atoms with E-state index in [1.165, 1.54) is 18.4 Å². The van der Waals surface area contributed by atoms with Gasteiger partial charge in [-0.05, 0) is 78.6 Å². The highest BCUT2D eigenvalue weighted by Gasteiger charge is 2.53. The van der Waals surface area contributed by atoms with Crippen molar-refractivity contribution in [3.63, 3.8) is 0 Å². The highest BCUT2D eigenvalue weighted by atomic mass is 16.5. The average Bonchev–Trinajstić information content (AvgIpc) is 2.61. The Morgan fingerprint density at radius 1 is 1.21 bits per heavy atom. The minimum Gasteiger partial charge on any atom is -0.481 e. The number of esters is 1. The van der Waals surface area contributed by atoms with Crippen LogP contribution in [0.2, 0.25) is 0 Å². The van der Waals surface area contributed by atoms with Crippen LogP contribution in [0, 0.1) is 34.5 Å². The minimum absolute atomic E-state index is 0.0770. The summed E-state index contributed by atoms with van der Waals surface area (Å²) >= 11 is 0. The monoisotopic (exact) mass is 406 g/mol. The smallest absolute Gasteiger partial charge is 0.306 e. The van der Waals surface area contributed by atoms with Gasteiger partial charge < -0.3 is 9.84 Å². The van der Waals surface area contributed by atoms with Crippen LogP contribution in [0.4, 0.5) is 0 Å². The molecule has 1 saturated carbocycles. The first-order chi connectivity index (χ1) is 13.5. The number of hydrogen-bond acceptors (Lipinski definition) is 3. The van der Waals surface area contributed by atoms with E-state index in [1.54, 1.807) is 0 Å². The molecule has 2 aliphatic carbocycles. The summed E-state index contributed by atoms with van der Waals surface area (Å²) in [4.78, 5) is 23.2. The fourth-order valence-corrected chi connectivity index (χ4v) is 5.93. The molecule has 0 saturated heterocycles. The van der Waals surface area contributed by atoms with Gasteiger partial charge in [0.25, 0.3) is 0 Å². The van der Waals surface area contributed by atoms with Gasteiger partial charge in [0.1, 0.15) is 6.61 Å². The number of allylic oxidation sites excluding steroid dienone is 1. The lowest BCUT2D eigenvalue weighted by Crippen LogP contribution is -2.50.